The molecule has 4 nitrogen and oxygen atoms in total. The monoisotopic (exact) mass is 470 g/mol. The highest BCUT2D eigenvalue weighted by Gasteiger charge is 2.70. The predicted molar refractivity (Wildman–Crippen MR) is 127 cm³/mol. The zero-order valence-electron chi connectivity index (χ0n) is 19.0. The van der Waals surface area contributed by atoms with Crippen LogP contribution in [0.15, 0.2) is 48.5 Å². The number of fused-ring (bicyclic) bond motifs is 1. The van der Waals surface area contributed by atoms with Crippen molar-refractivity contribution in [1.82, 2.24) is 4.90 Å². The van der Waals surface area contributed by atoms with Crippen LogP contribution in [0, 0.1) is 16.7 Å². The largest absolute Gasteiger partial charge is 0.443 e. The highest BCUT2D eigenvalue weighted by Crippen LogP contribution is 2.59. The average molecular weight is 471 g/mol. The molecular weight excluding hydrogens is 443 g/mol. The van der Waals surface area contributed by atoms with E-state index in [1.165, 1.54) is 0 Å². The molecule has 0 saturated carbocycles. The molecule has 2 aliphatic heterocycles. The molecule has 2 aromatic carbocycles. The number of esters is 1. The van der Waals surface area contributed by atoms with E-state index in [4.69, 9.17) is 27.9 Å². The first-order chi connectivity index (χ1) is 14.9. The quantitative estimate of drug-likeness (QED) is 0.492. The maximum absolute atomic E-state index is 13.3. The van der Waals surface area contributed by atoms with Crippen molar-refractivity contribution >= 4 is 29.2 Å². The summed E-state index contributed by atoms with van der Waals surface area (Å²) in [5.41, 5.74) is -0.213. The third kappa shape index (κ3) is 3.61. The van der Waals surface area contributed by atoms with Crippen molar-refractivity contribution < 1.29 is 9.53 Å². The maximum atomic E-state index is 13.3. The molecule has 2 saturated heterocycles. The Morgan fingerprint density at radius 1 is 1.09 bits per heavy atom. The van der Waals surface area contributed by atoms with Crippen molar-refractivity contribution in [2.45, 2.75) is 70.2 Å². The van der Waals surface area contributed by atoms with E-state index >= 15 is 0 Å². The topological polar surface area (TPSA) is 53.3 Å². The van der Waals surface area contributed by atoms with E-state index in [-0.39, 0.29) is 17.4 Å². The summed E-state index contributed by atoms with van der Waals surface area (Å²) in [4.78, 5) is 15.4. The molecule has 0 spiro atoms. The van der Waals surface area contributed by atoms with Gasteiger partial charge in [0.15, 0.2) is 5.72 Å². The Morgan fingerprint density at radius 2 is 1.75 bits per heavy atom. The van der Waals surface area contributed by atoms with Crippen molar-refractivity contribution in [2.75, 3.05) is 0 Å². The molecule has 0 aromatic heterocycles. The van der Waals surface area contributed by atoms with Gasteiger partial charge in [0, 0.05) is 22.0 Å². The van der Waals surface area contributed by atoms with Gasteiger partial charge in [-0.3, -0.25) is 4.79 Å². The normalized spacial score (nSPS) is 29.4. The van der Waals surface area contributed by atoms with E-state index in [1.54, 1.807) is 6.07 Å². The van der Waals surface area contributed by atoms with Crippen LogP contribution in [0.5, 0.6) is 0 Å². The lowest BCUT2D eigenvalue weighted by Crippen LogP contribution is -2.52. The molecule has 32 heavy (non-hydrogen) atoms. The Morgan fingerprint density at radius 3 is 2.31 bits per heavy atom. The van der Waals surface area contributed by atoms with E-state index in [0.29, 0.717) is 16.5 Å². The van der Waals surface area contributed by atoms with Crippen LogP contribution < -0.4 is 0 Å². The van der Waals surface area contributed by atoms with Crippen molar-refractivity contribution in [1.29, 1.82) is 5.26 Å². The second-order valence-corrected chi connectivity index (χ2v) is 11.4. The third-order valence-electron chi connectivity index (χ3n) is 6.70. The summed E-state index contributed by atoms with van der Waals surface area (Å²) in [5.74, 6) is -0.751. The highest BCUT2D eigenvalue weighted by atomic mass is 35.5. The molecule has 168 valence electrons. The summed E-state index contributed by atoms with van der Waals surface area (Å²) in [5, 5.41) is 12.1. The third-order valence-corrected chi connectivity index (χ3v) is 7.19. The minimum Gasteiger partial charge on any atom is -0.443 e. The zero-order valence-corrected chi connectivity index (χ0v) is 20.5. The molecule has 6 heteroatoms. The van der Waals surface area contributed by atoms with Crippen molar-refractivity contribution in [3.05, 3.63) is 69.7 Å². The Balaban J connectivity index is 2.05. The fraction of sp³-hybridized carbons (Fsp3) is 0.462. The lowest BCUT2D eigenvalue weighted by atomic mass is 9.63. The second-order valence-electron chi connectivity index (χ2n) is 10.5. The van der Waals surface area contributed by atoms with Gasteiger partial charge in [0.25, 0.3) is 0 Å². The number of cyclic esters (lactones) is 1. The zero-order chi connectivity index (χ0) is 23.5. The molecule has 2 heterocycles. The van der Waals surface area contributed by atoms with Crippen LogP contribution in [0.25, 0.3) is 0 Å². The molecule has 0 bridgehead atoms. The van der Waals surface area contributed by atoms with Gasteiger partial charge >= 0.3 is 5.97 Å². The minimum atomic E-state index is -0.996. The van der Waals surface area contributed by atoms with Gasteiger partial charge in [0.1, 0.15) is 11.5 Å². The fourth-order valence-corrected chi connectivity index (χ4v) is 5.96. The van der Waals surface area contributed by atoms with Gasteiger partial charge < -0.3 is 4.74 Å². The summed E-state index contributed by atoms with van der Waals surface area (Å²) < 4.78 is 5.86. The molecule has 4 rings (SSSR count). The highest BCUT2D eigenvalue weighted by molar-refractivity contribution is 6.30. The van der Waals surface area contributed by atoms with Gasteiger partial charge in [-0.2, -0.15) is 5.26 Å². The number of hydrogen-bond acceptors (Lipinski definition) is 4. The molecule has 0 unspecified atom stereocenters. The predicted octanol–water partition coefficient (Wildman–Crippen LogP) is 6.32. The van der Waals surface area contributed by atoms with E-state index in [0.717, 1.165) is 11.1 Å². The van der Waals surface area contributed by atoms with Gasteiger partial charge in [-0.05, 0) is 61.1 Å². The summed E-state index contributed by atoms with van der Waals surface area (Å²) in [6, 6.07) is 16.8. The van der Waals surface area contributed by atoms with Crippen LogP contribution >= 0.6 is 23.2 Å². The molecule has 2 aliphatic rings. The van der Waals surface area contributed by atoms with E-state index in [2.05, 4.69) is 31.7 Å². The second kappa shape index (κ2) is 7.76. The van der Waals surface area contributed by atoms with Gasteiger partial charge in [-0.25, -0.2) is 4.90 Å². The van der Waals surface area contributed by atoms with Crippen molar-refractivity contribution in [2.24, 2.45) is 5.41 Å². The number of nitriles is 1. The van der Waals surface area contributed by atoms with E-state index < -0.39 is 23.1 Å². The number of carbonyl (C=O) groups is 1. The lowest BCUT2D eigenvalue weighted by Gasteiger charge is -2.42. The molecule has 0 N–H and O–H groups in total. The first-order valence-electron chi connectivity index (χ1n) is 10.8. The first kappa shape index (κ1) is 23.1. The van der Waals surface area contributed by atoms with Crippen LogP contribution in [-0.2, 0) is 14.9 Å². The molecule has 2 aromatic rings. The Kier molecular flexibility index (Phi) is 5.61. The van der Waals surface area contributed by atoms with Gasteiger partial charge in [-0.15, -0.1) is 0 Å². The maximum Gasteiger partial charge on any atom is 0.325 e. The Hall–Kier alpha value is -2.06. The number of carbonyl (C=O) groups excluding carboxylic acids is 1. The van der Waals surface area contributed by atoms with Crippen LogP contribution in [0.3, 0.4) is 0 Å². The molecule has 4 atom stereocenters. The van der Waals surface area contributed by atoms with Crippen molar-refractivity contribution in [3.63, 3.8) is 0 Å². The Bertz CT molecular complexity index is 1080. The van der Waals surface area contributed by atoms with E-state index in [1.807, 2.05) is 56.3 Å². The number of nitrogens with zero attached hydrogens (tertiary/aromatic N) is 2. The molecule has 2 fully saturated rings. The minimum absolute atomic E-state index is 0.0886. The van der Waals surface area contributed by atoms with Gasteiger partial charge in [0.05, 0.1) is 6.07 Å². The number of hydrogen-bond donors (Lipinski definition) is 0. The number of benzene rings is 2. The average Bonchev–Trinajstić information content (AvgIpc) is 3.11. The molecule has 0 amide bonds. The number of ether oxygens (including phenoxy) is 1. The number of rotatable bonds is 3. The molecule has 0 aliphatic carbocycles. The molecular formula is C26H28Cl2N2O2. The fourth-order valence-electron chi connectivity index (χ4n) is 5.64. The smallest absolute Gasteiger partial charge is 0.325 e. The lowest BCUT2D eigenvalue weighted by molar-refractivity contribution is -0.152. The van der Waals surface area contributed by atoms with Gasteiger partial charge in [0.2, 0.25) is 0 Å². The van der Waals surface area contributed by atoms with Gasteiger partial charge in [-0.1, -0.05) is 68.2 Å². The van der Waals surface area contributed by atoms with E-state index in [9.17, 15) is 10.1 Å². The number of halogens is 2. The SMILES string of the molecule is CC(C)(C)C[C@@H]1N2[C@@H](C(=O)OC2(C)C)[C@H](c2cccc(Cl)c2)[C@@]1(C#N)c1ccc(Cl)cc1. The molecule has 0 radical (unpaired) electrons. The summed E-state index contributed by atoms with van der Waals surface area (Å²) >= 11 is 12.6. The first-order valence-corrected chi connectivity index (χ1v) is 11.6. The van der Waals surface area contributed by atoms with Crippen LogP contribution in [0.2, 0.25) is 10.0 Å². The summed E-state index contributed by atoms with van der Waals surface area (Å²) in [6.45, 7) is 10.3. The standard InChI is InChI=1S/C26H28Cl2N2O2/c1-24(2,3)14-20-26(15-29,17-9-11-18(27)12-10-17)21(16-7-6-8-19(28)13-16)22-23(31)32-25(4,5)30(20)22/h6-13,20-22H,14H2,1-5H3/t20-,21-,22+,26-/m0/s1. The van der Waals surface area contributed by atoms with Crippen LogP contribution in [-0.4, -0.2) is 28.7 Å². The van der Waals surface area contributed by atoms with Crippen LogP contribution in [0.4, 0.5) is 0 Å². The van der Waals surface area contributed by atoms with Crippen molar-refractivity contribution in [3.8, 4) is 6.07 Å². The van der Waals surface area contributed by atoms with Crippen LogP contribution in [0.1, 0.15) is 58.1 Å². The summed E-state index contributed by atoms with van der Waals surface area (Å²) in [7, 11) is 0. The Labute approximate surface area is 200 Å². The summed E-state index contributed by atoms with van der Waals surface area (Å²) in [6.07, 6.45) is 0.705.